The van der Waals surface area contributed by atoms with Crippen molar-refractivity contribution in [2.24, 2.45) is 5.92 Å². The highest BCUT2D eigenvalue weighted by atomic mass is 35.5. The number of hydrogen-bond acceptors (Lipinski definition) is 1. The standard InChI is InChI=1S/C13H16ClNO/c14-8-4-3-6-11-9-10-5-1-2-7-12(10)15-13(11)16/h1-2,5,7,11H,3-4,6,8-9H2,(H,15,16). The van der Waals surface area contributed by atoms with Crippen molar-refractivity contribution in [1.82, 2.24) is 0 Å². The molecule has 16 heavy (non-hydrogen) atoms. The van der Waals surface area contributed by atoms with Crippen LogP contribution >= 0.6 is 11.6 Å². The summed E-state index contributed by atoms with van der Waals surface area (Å²) in [6.07, 6.45) is 3.83. The predicted molar refractivity (Wildman–Crippen MR) is 66.8 cm³/mol. The number of amides is 1. The van der Waals surface area contributed by atoms with Crippen molar-refractivity contribution >= 4 is 23.2 Å². The molecule has 1 aliphatic rings. The lowest BCUT2D eigenvalue weighted by Gasteiger charge is -2.24. The minimum atomic E-state index is 0.123. The van der Waals surface area contributed by atoms with E-state index in [0.29, 0.717) is 5.88 Å². The summed E-state index contributed by atoms with van der Waals surface area (Å²) in [7, 11) is 0. The molecule has 0 aromatic heterocycles. The number of para-hydroxylation sites is 1. The molecule has 1 aromatic carbocycles. The lowest BCUT2D eigenvalue weighted by Crippen LogP contribution is -2.29. The van der Waals surface area contributed by atoms with E-state index < -0.39 is 0 Å². The second kappa shape index (κ2) is 5.35. The predicted octanol–water partition coefficient (Wildman–Crippen LogP) is 3.21. The average Bonchev–Trinajstić information content (AvgIpc) is 2.30. The van der Waals surface area contributed by atoms with Gasteiger partial charge in [0.15, 0.2) is 0 Å². The maximum Gasteiger partial charge on any atom is 0.227 e. The topological polar surface area (TPSA) is 29.1 Å². The van der Waals surface area contributed by atoms with Gasteiger partial charge in [-0.25, -0.2) is 0 Å². The fraction of sp³-hybridized carbons (Fsp3) is 0.462. The van der Waals surface area contributed by atoms with Crippen molar-refractivity contribution in [3.63, 3.8) is 0 Å². The van der Waals surface area contributed by atoms with Crippen LogP contribution in [0.5, 0.6) is 0 Å². The second-order valence-electron chi connectivity index (χ2n) is 4.23. The van der Waals surface area contributed by atoms with Crippen molar-refractivity contribution < 1.29 is 4.79 Å². The van der Waals surface area contributed by atoms with Crippen LogP contribution in [0.1, 0.15) is 24.8 Å². The Labute approximate surface area is 101 Å². The SMILES string of the molecule is O=C1Nc2ccccc2CC1CCCCCl. The number of carbonyl (C=O) groups excluding carboxylic acids is 1. The molecule has 0 bridgehead atoms. The zero-order chi connectivity index (χ0) is 11.4. The number of hydrogen-bond donors (Lipinski definition) is 1. The summed E-state index contributed by atoms with van der Waals surface area (Å²) in [5.74, 6) is 0.969. The molecule has 1 unspecified atom stereocenters. The molecule has 1 aliphatic heterocycles. The molecule has 3 heteroatoms. The number of anilines is 1. The van der Waals surface area contributed by atoms with Gasteiger partial charge in [0, 0.05) is 17.5 Å². The zero-order valence-electron chi connectivity index (χ0n) is 9.21. The molecule has 1 amide bonds. The first kappa shape index (κ1) is 11.5. The molecule has 2 rings (SSSR count). The summed E-state index contributed by atoms with van der Waals surface area (Å²) in [6.45, 7) is 0. The van der Waals surface area contributed by atoms with E-state index in [1.54, 1.807) is 0 Å². The van der Waals surface area contributed by atoms with E-state index >= 15 is 0 Å². The van der Waals surface area contributed by atoms with Crippen LogP contribution in [-0.4, -0.2) is 11.8 Å². The van der Waals surface area contributed by atoms with Gasteiger partial charge < -0.3 is 5.32 Å². The Hall–Kier alpha value is -1.02. The van der Waals surface area contributed by atoms with Crippen LogP contribution in [0, 0.1) is 5.92 Å². The van der Waals surface area contributed by atoms with Gasteiger partial charge in [-0.1, -0.05) is 24.6 Å². The average molecular weight is 238 g/mol. The Morgan fingerprint density at radius 1 is 1.31 bits per heavy atom. The zero-order valence-corrected chi connectivity index (χ0v) is 9.96. The first-order chi connectivity index (χ1) is 7.81. The molecule has 1 aromatic rings. The lowest BCUT2D eigenvalue weighted by molar-refractivity contribution is -0.120. The molecule has 1 atom stereocenters. The maximum absolute atomic E-state index is 11.8. The molecule has 0 saturated carbocycles. The van der Waals surface area contributed by atoms with Gasteiger partial charge in [0.1, 0.15) is 0 Å². The Kier molecular flexibility index (Phi) is 3.83. The molecular weight excluding hydrogens is 222 g/mol. The Morgan fingerprint density at radius 3 is 2.94 bits per heavy atom. The highest BCUT2D eigenvalue weighted by Gasteiger charge is 2.24. The van der Waals surface area contributed by atoms with Crippen molar-refractivity contribution in [2.45, 2.75) is 25.7 Å². The van der Waals surface area contributed by atoms with Gasteiger partial charge in [-0.2, -0.15) is 0 Å². The summed E-state index contributed by atoms with van der Waals surface area (Å²) in [5.41, 5.74) is 2.22. The van der Waals surface area contributed by atoms with Gasteiger partial charge in [-0.05, 0) is 30.9 Å². The molecule has 86 valence electrons. The number of nitrogens with one attached hydrogen (secondary N) is 1. The molecule has 1 N–H and O–H groups in total. The van der Waals surface area contributed by atoms with Gasteiger partial charge in [-0.15, -0.1) is 11.6 Å². The second-order valence-corrected chi connectivity index (χ2v) is 4.61. The molecule has 0 aliphatic carbocycles. The summed E-state index contributed by atoms with van der Waals surface area (Å²) in [5, 5.41) is 2.96. The number of carbonyl (C=O) groups is 1. The van der Waals surface area contributed by atoms with Crippen molar-refractivity contribution in [2.75, 3.05) is 11.2 Å². The minimum Gasteiger partial charge on any atom is -0.326 e. The molecule has 0 radical (unpaired) electrons. The van der Waals surface area contributed by atoms with E-state index in [9.17, 15) is 4.79 Å². The van der Waals surface area contributed by atoms with Crippen LogP contribution < -0.4 is 5.32 Å². The molecule has 1 heterocycles. The summed E-state index contributed by atoms with van der Waals surface area (Å²) in [4.78, 5) is 11.8. The Morgan fingerprint density at radius 2 is 2.12 bits per heavy atom. The molecule has 0 spiro atoms. The summed E-state index contributed by atoms with van der Waals surface area (Å²) < 4.78 is 0. The smallest absolute Gasteiger partial charge is 0.227 e. The highest BCUT2D eigenvalue weighted by molar-refractivity contribution is 6.17. The summed E-state index contributed by atoms with van der Waals surface area (Å²) in [6, 6.07) is 8.02. The Bertz CT molecular complexity index is 378. The normalized spacial score (nSPS) is 19.1. The van der Waals surface area contributed by atoms with Gasteiger partial charge in [0.25, 0.3) is 0 Å². The first-order valence-electron chi connectivity index (χ1n) is 5.76. The third-order valence-electron chi connectivity index (χ3n) is 3.05. The van der Waals surface area contributed by atoms with E-state index in [1.807, 2.05) is 18.2 Å². The number of rotatable bonds is 4. The largest absolute Gasteiger partial charge is 0.326 e. The molecule has 2 nitrogen and oxygen atoms in total. The number of halogens is 1. The Balaban J connectivity index is 2.01. The molecule has 0 saturated heterocycles. The van der Waals surface area contributed by atoms with Crippen LogP contribution in [0.4, 0.5) is 5.69 Å². The van der Waals surface area contributed by atoms with Gasteiger partial charge in [-0.3, -0.25) is 4.79 Å². The monoisotopic (exact) mass is 237 g/mol. The fourth-order valence-corrected chi connectivity index (χ4v) is 2.32. The van der Waals surface area contributed by atoms with Gasteiger partial charge >= 0.3 is 0 Å². The number of benzene rings is 1. The number of unbranched alkanes of at least 4 members (excludes halogenated alkanes) is 1. The van der Waals surface area contributed by atoms with Crippen LogP contribution in [0.15, 0.2) is 24.3 Å². The fourth-order valence-electron chi connectivity index (χ4n) is 2.13. The van der Waals surface area contributed by atoms with Crippen molar-refractivity contribution in [3.05, 3.63) is 29.8 Å². The minimum absolute atomic E-state index is 0.123. The third-order valence-corrected chi connectivity index (χ3v) is 3.32. The quantitative estimate of drug-likeness (QED) is 0.632. The summed E-state index contributed by atoms with van der Waals surface area (Å²) >= 11 is 5.64. The lowest BCUT2D eigenvalue weighted by atomic mass is 9.89. The van der Waals surface area contributed by atoms with Crippen LogP contribution in [0.2, 0.25) is 0 Å². The number of fused-ring (bicyclic) bond motifs is 1. The van der Waals surface area contributed by atoms with Gasteiger partial charge in [0.2, 0.25) is 5.91 Å². The van der Waals surface area contributed by atoms with E-state index in [0.717, 1.165) is 31.4 Å². The third kappa shape index (κ3) is 2.56. The van der Waals surface area contributed by atoms with Crippen LogP contribution in [0.3, 0.4) is 0 Å². The van der Waals surface area contributed by atoms with Crippen LogP contribution in [-0.2, 0) is 11.2 Å². The first-order valence-corrected chi connectivity index (χ1v) is 6.29. The van der Waals surface area contributed by atoms with Crippen molar-refractivity contribution in [1.29, 1.82) is 0 Å². The van der Waals surface area contributed by atoms with Gasteiger partial charge in [0.05, 0.1) is 0 Å². The van der Waals surface area contributed by atoms with E-state index in [2.05, 4.69) is 11.4 Å². The van der Waals surface area contributed by atoms with E-state index in [-0.39, 0.29) is 11.8 Å². The molecule has 0 fully saturated rings. The maximum atomic E-state index is 11.8. The highest BCUT2D eigenvalue weighted by Crippen LogP contribution is 2.27. The van der Waals surface area contributed by atoms with E-state index in [4.69, 9.17) is 11.6 Å². The van der Waals surface area contributed by atoms with E-state index in [1.165, 1.54) is 5.56 Å². The van der Waals surface area contributed by atoms with Crippen molar-refractivity contribution in [3.8, 4) is 0 Å². The number of alkyl halides is 1. The van der Waals surface area contributed by atoms with Crippen LogP contribution in [0.25, 0.3) is 0 Å². The molecular formula is C13H16ClNO.